The lowest BCUT2D eigenvalue weighted by atomic mass is 9.84. The van der Waals surface area contributed by atoms with Crippen LogP contribution < -0.4 is 20.9 Å². The van der Waals surface area contributed by atoms with Crippen LogP contribution in [0.3, 0.4) is 0 Å². The third-order valence-corrected chi connectivity index (χ3v) is 6.98. The molecule has 0 amide bonds. The predicted molar refractivity (Wildman–Crippen MR) is 161 cm³/mol. The zero-order valence-corrected chi connectivity index (χ0v) is 24.5. The van der Waals surface area contributed by atoms with Gasteiger partial charge in [-0.05, 0) is 99.9 Å². The molecule has 0 aromatic heterocycles. The first-order chi connectivity index (χ1) is 17.7. The zero-order chi connectivity index (χ0) is 27.3. The maximum Gasteiger partial charge on any atom is 0.119 e. The summed E-state index contributed by atoms with van der Waals surface area (Å²) in [5.41, 5.74) is 14.5. The SMILES string of the molecule is C=C(NCc1ccc(CC)cc1)c1ccc(OCCCC)cc1.CNNC(C)(CC(C)C)C(C)=C1CC1. The second kappa shape index (κ2) is 15.6. The van der Waals surface area contributed by atoms with Crippen molar-refractivity contribution in [2.45, 2.75) is 92.2 Å². The normalized spacial score (nSPS) is 13.9. The second-order valence-corrected chi connectivity index (χ2v) is 10.8. The van der Waals surface area contributed by atoms with Gasteiger partial charge < -0.3 is 10.1 Å². The molecule has 0 spiro atoms. The van der Waals surface area contributed by atoms with Crippen LogP contribution in [0.25, 0.3) is 5.70 Å². The molecule has 0 saturated heterocycles. The molecule has 1 atom stereocenters. The summed E-state index contributed by atoms with van der Waals surface area (Å²) in [5, 5.41) is 3.39. The number of aryl methyl sites for hydroxylation is 1. The molecule has 3 N–H and O–H groups in total. The number of hydrogen-bond acceptors (Lipinski definition) is 4. The molecule has 4 nitrogen and oxygen atoms in total. The van der Waals surface area contributed by atoms with E-state index in [1.807, 2.05) is 19.2 Å². The van der Waals surface area contributed by atoms with Gasteiger partial charge in [-0.2, -0.15) is 0 Å². The van der Waals surface area contributed by atoms with Crippen molar-refractivity contribution >= 4 is 5.70 Å². The minimum absolute atomic E-state index is 0.134. The van der Waals surface area contributed by atoms with Crippen LogP contribution in [0.15, 0.2) is 66.3 Å². The van der Waals surface area contributed by atoms with Crippen molar-refractivity contribution in [3.63, 3.8) is 0 Å². The van der Waals surface area contributed by atoms with E-state index in [1.54, 1.807) is 11.1 Å². The highest BCUT2D eigenvalue weighted by atomic mass is 16.5. The number of hydrogen-bond donors (Lipinski definition) is 3. The minimum Gasteiger partial charge on any atom is -0.494 e. The van der Waals surface area contributed by atoms with E-state index in [1.165, 1.54) is 30.4 Å². The van der Waals surface area contributed by atoms with E-state index in [-0.39, 0.29) is 5.54 Å². The van der Waals surface area contributed by atoms with Gasteiger partial charge in [0.1, 0.15) is 5.75 Å². The monoisotopic (exact) mass is 505 g/mol. The van der Waals surface area contributed by atoms with E-state index >= 15 is 0 Å². The lowest BCUT2D eigenvalue weighted by Gasteiger charge is -2.33. The third-order valence-electron chi connectivity index (χ3n) is 6.98. The quantitative estimate of drug-likeness (QED) is 0.139. The molecule has 1 aliphatic carbocycles. The Balaban J connectivity index is 0.000000294. The number of rotatable bonds is 14. The summed E-state index contributed by atoms with van der Waals surface area (Å²) in [7, 11) is 1.95. The van der Waals surface area contributed by atoms with Crippen LogP contribution in [-0.4, -0.2) is 19.2 Å². The summed E-state index contributed by atoms with van der Waals surface area (Å²) in [6.07, 6.45) is 7.12. The van der Waals surface area contributed by atoms with E-state index in [0.29, 0.717) is 0 Å². The molecule has 204 valence electrons. The Bertz CT molecular complexity index is 970. The zero-order valence-electron chi connectivity index (χ0n) is 24.5. The summed E-state index contributed by atoms with van der Waals surface area (Å²) >= 11 is 0. The molecule has 0 radical (unpaired) electrons. The molecule has 1 fully saturated rings. The molecule has 37 heavy (non-hydrogen) atoms. The largest absolute Gasteiger partial charge is 0.494 e. The molecule has 0 bridgehead atoms. The van der Waals surface area contributed by atoms with E-state index < -0.39 is 0 Å². The molecule has 1 saturated carbocycles. The summed E-state index contributed by atoms with van der Waals surface area (Å²) < 4.78 is 5.68. The van der Waals surface area contributed by atoms with E-state index in [2.05, 4.69) is 101 Å². The van der Waals surface area contributed by atoms with Crippen molar-refractivity contribution in [2.75, 3.05) is 13.7 Å². The van der Waals surface area contributed by atoms with E-state index in [0.717, 1.165) is 55.3 Å². The van der Waals surface area contributed by atoms with E-state index in [9.17, 15) is 0 Å². The van der Waals surface area contributed by atoms with Crippen molar-refractivity contribution in [1.82, 2.24) is 16.2 Å². The van der Waals surface area contributed by atoms with Crippen molar-refractivity contribution in [3.05, 3.63) is 82.9 Å². The first-order valence-electron chi connectivity index (χ1n) is 14.1. The highest BCUT2D eigenvalue weighted by Gasteiger charge is 2.31. The van der Waals surface area contributed by atoms with Gasteiger partial charge in [0.05, 0.1) is 12.1 Å². The Morgan fingerprint density at radius 2 is 1.62 bits per heavy atom. The van der Waals surface area contributed by atoms with Gasteiger partial charge in [-0.15, -0.1) is 0 Å². The maximum atomic E-state index is 5.68. The summed E-state index contributed by atoms with van der Waals surface area (Å²) in [5.74, 6) is 1.64. The minimum atomic E-state index is 0.134. The first-order valence-corrected chi connectivity index (χ1v) is 14.1. The Morgan fingerprint density at radius 1 is 1.00 bits per heavy atom. The Kier molecular flexibility index (Phi) is 13.0. The molecule has 1 aliphatic rings. The molecular weight excluding hydrogens is 454 g/mol. The molecular formula is C33H51N3O. The predicted octanol–water partition coefficient (Wildman–Crippen LogP) is 7.81. The highest BCUT2D eigenvalue weighted by molar-refractivity contribution is 5.62. The van der Waals surface area contributed by atoms with E-state index in [4.69, 9.17) is 4.74 Å². The lowest BCUT2D eigenvalue weighted by Crippen LogP contribution is -2.50. The summed E-state index contributed by atoms with van der Waals surface area (Å²) in [4.78, 5) is 0. The van der Waals surface area contributed by atoms with Gasteiger partial charge in [-0.1, -0.05) is 76.1 Å². The van der Waals surface area contributed by atoms with Crippen LogP contribution in [0.4, 0.5) is 0 Å². The van der Waals surface area contributed by atoms with Crippen LogP contribution in [-0.2, 0) is 13.0 Å². The van der Waals surface area contributed by atoms with Crippen LogP contribution in [0.1, 0.15) is 90.3 Å². The molecule has 0 aliphatic heterocycles. The second-order valence-electron chi connectivity index (χ2n) is 10.8. The fourth-order valence-corrected chi connectivity index (χ4v) is 4.51. The smallest absolute Gasteiger partial charge is 0.119 e. The van der Waals surface area contributed by atoms with Gasteiger partial charge in [0.2, 0.25) is 0 Å². The molecule has 2 aromatic carbocycles. The van der Waals surface area contributed by atoms with Crippen LogP contribution in [0.5, 0.6) is 5.75 Å². The van der Waals surface area contributed by atoms with Crippen molar-refractivity contribution in [2.24, 2.45) is 5.92 Å². The molecule has 3 rings (SSSR count). The fraction of sp³-hybridized carbons (Fsp3) is 0.515. The van der Waals surface area contributed by atoms with Crippen LogP contribution in [0.2, 0.25) is 0 Å². The van der Waals surface area contributed by atoms with Crippen molar-refractivity contribution in [1.29, 1.82) is 0 Å². The standard InChI is InChI=1S/C21H27NO.C12H24N2/c1-4-6-15-23-21-13-11-20(12-14-21)17(3)22-16-19-9-7-18(5-2)8-10-19;1-9(2)8-12(4,14-13-5)10(3)11-6-7-11/h7-14,22H,3-6,15-16H2,1-2H3;9,13-14H,6-8H2,1-5H3. The van der Waals surface area contributed by atoms with Crippen molar-refractivity contribution in [3.8, 4) is 5.75 Å². The van der Waals surface area contributed by atoms with Gasteiger partial charge in [-0.3, -0.25) is 5.43 Å². The average molecular weight is 506 g/mol. The molecule has 0 heterocycles. The van der Waals surface area contributed by atoms with Crippen LogP contribution >= 0.6 is 0 Å². The van der Waals surface area contributed by atoms with Gasteiger partial charge in [-0.25, -0.2) is 5.43 Å². The van der Waals surface area contributed by atoms with Gasteiger partial charge in [0.15, 0.2) is 0 Å². The summed E-state index contributed by atoms with van der Waals surface area (Å²) in [6, 6.07) is 16.8. The number of ether oxygens (including phenoxy) is 1. The number of hydrazine groups is 1. The Morgan fingerprint density at radius 3 is 2.14 bits per heavy atom. The number of unbranched alkanes of at least 4 members (excludes halogenated alkanes) is 1. The number of allylic oxidation sites excluding steroid dienone is 1. The average Bonchev–Trinajstić information content (AvgIpc) is 3.73. The van der Waals surface area contributed by atoms with Crippen molar-refractivity contribution < 1.29 is 4.74 Å². The highest BCUT2D eigenvalue weighted by Crippen LogP contribution is 2.38. The molecule has 4 heteroatoms. The Hall–Kier alpha value is -2.56. The van der Waals surface area contributed by atoms with Gasteiger partial charge in [0.25, 0.3) is 0 Å². The van der Waals surface area contributed by atoms with Crippen LogP contribution in [0, 0.1) is 5.92 Å². The maximum absolute atomic E-state index is 5.68. The first kappa shape index (κ1) is 30.7. The molecule has 1 unspecified atom stereocenters. The van der Waals surface area contributed by atoms with Gasteiger partial charge >= 0.3 is 0 Å². The van der Waals surface area contributed by atoms with Gasteiger partial charge in [0, 0.05) is 12.2 Å². The number of nitrogens with one attached hydrogen (secondary N) is 3. The third kappa shape index (κ3) is 10.8. The fourth-order valence-electron chi connectivity index (χ4n) is 4.51. The topological polar surface area (TPSA) is 45.3 Å². The number of benzene rings is 2. The Labute approximate surface area is 227 Å². The summed E-state index contributed by atoms with van der Waals surface area (Å²) in [6.45, 7) is 19.2. The lowest BCUT2D eigenvalue weighted by molar-refractivity contribution is 0.309. The molecule has 2 aromatic rings.